The van der Waals surface area contributed by atoms with Crippen molar-refractivity contribution in [2.45, 2.75) is 26.1 Å². The molecular weight excluding hydrogens is 432 g/mol. The first-order chi connectivity index (χ1) is 16.5. The number of benzene rings is 1. The number of hydrogen-bond acceptors (Lipinski definition) is 7. The third-order valence-electron chi connectivity index (χ3n) is 5.14. The van der Waals surface area contributed by atoms with Crippen molar-refractivity contribution >= 4 is 11.6 Å². The predicted octanol–water partition coefficient (Wildman–Crippen LogP) is 2.31. The Balaban J connectivity index is 1.32. The molecule has 0 fully saturated rings. The van der Waals surface area contributed by atoms with Gasteiger partial charge in [-0.05, 0) is 43.8 Å². The highest BCUT2D eigenvalue weighted by Gasteiger charge is 2.15. The number of fused-ring (bicyclic) bond motifs is 1. The second-order valence-electron chi connectivity index (χ2n) is 8.06. The van der Waals surface area contributed by atoms with E-state index in [1.165, 1.54) is 10.6 Å². The maximum absolute atomic E-state index is 12.6. The zero-order valence-electron chi connectivity index (χ0n) is 19.1. The summed E-state index contributed by atoms with van der Waals surface area (Å²) in [6.07, 6.45) is 7.70. The molecule has 0 aliphatic rings. The number of nitrogens with one attached hydrogen (secondary N) is 1. The highest BCUT2D eigenvalue weighted by atomic mass is 16.5. The normalized spacial score (nSPS) is 12.0. The summed E-state index contributed by atoms with van der Waals surface area (Å²) in [5.41, 5.74) is 2.07. The third-order valence-corrected chi connectivity index (χ3v) is 5.14. The lowest BCUT2D eigenvalue weighted by Crippen LogP contribution is -2.37. The van der Waals surface area contributed by atoms with Crippen LogP contribution in [0.15, 0.2) is 78.2 Å². The SMILES string of the molecule is CC(CNC(=O)c1cnc2ccccn2c1=O)Oc1cccc(CN(C)Cc2cnccn2)c1. The maximum atomic E-state index is 12.6. The minimum atomic E-state index is -0.481. The van der Waals surface area contributed by atoms with Crippen molar-refractivity contribution in [3.05, 3.63) is 101 Å². The zero-order valence-corrected chi connectivity index (χ0v) is 19.1. The van der Waals surface area contributed by atoms with Gasteiger partial charge in [-0.15, -0.1) is 0 Å². The lowest BCUT2D eigenvalue weighted by Gasteiger charge is -2.18. The fourth-order valence-electron chi connectivity index (χ4n) is 3.56. The fourth-order valence-corrected chi connectivity index (χ4v) is 3.56. The first kappa shape index (κ1) is 23.1. The largest absolute Gasteiger partial charge is 0.489 e. The Hall–Kier alpha value is -4.11. The van der Waals surface area contributed by atoms with Gasteiger partial charge in [0.05, 0.1) is 12.2 Å². The molecule has 1 atom stereocenters. The molecule has 0 saturated heterocycles. The number of carbonyl (C=O) groups excluding carboxylic acids is 1. The van der Waals surface area contributed by atoms with Crippen LogP contribution in [0.4, 0.5) is 0 Å². The van der Waals surface area contributed by atoms with Gasteiger partial charge in [0, 0.05) is 44.1 Å². The molecule has 4 rings (SSSR count). The fraction of sp³-hybridized carbons (Fsp3) is 0.240. The quantitative estimate of drug-likeness (QED) is 0.411. The van der Waals surface area contributed by atoms with Crippen LogP contribution in [0.5, 0.6) is 5.75 Å². The van der Waals surface area contributed by atoms with Gasteiger partial charge in [-0.25, -0.2) is 4.98 Å². The van der Waals surface area contributed by atoms with Gasteiger partial charge in [-0.2, -0.15) is 0 Å². The molecule has 3 heterocycles. The van der Waals surface area contributed by atoms with Gasteiger partial charge in [0.1, 0.15) is 23.1 Å². The molecule has 174 valence electrons. The van der Waals surface area contributed by atoms with Crippen LogP contribution >= 0.6 is 0 Å². The van der Waals surface area contributed by atoms with Crippen LogP contribution < -0.4 is 15.6 Å². The summed E-state index contributed by atoms with van der Waals surface area (Å²) in [6, 6.07) is 13.0. The molecule has 0 aliphatic carbocycles. The number of ether oxygens (including phenoxy) is 1. The topological polar surface area (TPSA) is 102 Å². The van der Waals surface area contributed by atoms with E-state index in [9.17, 15) is 9.59 Å². The molecule has 0 radical (unpaired) electrons. The van der Waals surface area contributed by atoms with Crippen LogP contribution in [0.2, 0.25) is 0 Å². The number of amides is 1. The van der Waals surface area contributed by atoms with Crippen LogP contribution in [0.25, 0.3) is 5.65 Å². The summed E-state index contributed by atoms with van der Waals surface area (Å²) in [7, 11) is 2.02. The van der Waals surface area contributed by atoms with Crippen molar-refractivity contribution in [3.8, 4) is 5.75 Å². The summed E-state index contributed by atoms with van der Waals surface area (Å²) in [6.45, 7) is 3.51. The Labute approximate surface area is 197 Å². The monoisotopic (exact) mass is 458 g/mol. The van der Waals surface area contributed by atoms with Gasteiger partial charge in [0.2, 0.25) is 0 Å². The van der Waals surface area contributed by atoms with Gasteiger partial charge >= 0.3 is 0 Å². The van der Waals surface area contributed by atoms with Gasteiger partial charge in [-0.3, -0.25) is 28.9 Å². The molecule has 0 saturated carbocycles. The molecule has 0 spiro atoms. The molecule has 3 aromatic heterocycles. The Morgan fingerprint density at radius 2 is 2.00 bits per heavy atom. The molecule has 4 aromatic rings. The minimum Gasteiger partial charge on any atom is -0.489 e. The van der Waals surface area contributed by atoms with E-state index in [0.717, 1.165) is 17.8 Å². The third kappa shape index (κ3) is 5.81. The smallest absolute Gasteiger partial charge is 0.270 e. The number of nitrogens with zero attached hydrogens (tertiary/aromatic N) is 5. The summed E-state index contributed by atoms with van der Waals surface area (Å²) in [5.74, 6) is 0.227. The molecule has 1 amide bonds. The first-order valence-electron chi connectivity index (χ1n) is 10.9. The number of carbonyl (C=O) groups is 1. The lowest BCUT2D eigenvalue weighted by molar-refractivity contribution is 0.0930. The molecule has 1 unspecified atom stereocenters. The molecule has 9 nitrogen and oxygen atoms in total. The highest BCUT2D eigenvalue weighted by molar-refractivity contribution is 5.93. The summed E-state index contributed by atoms with van der Waals surface area (Å²) >= 11 is 0. The van der Waals surface area contributed by atoms with E-state index in [0.29, 0.717) is 17.9 Å². The van der Waals surface area contributed by atoms with E-state index < -0.39 is 11.5 Å². The molecule has 0 bridgehead atoms. The van der Waals surface area contributed by atoms with Gasteiger partial charge in [0.15, 0.2) is 0 Å². The average Bonchev–Trinajstić information content (AvgIpc) is 2.84. The van der Waals surface area contributed by atoms with E-state index in [-0.39, 0.29) is 18.2 Å². The Morgan fingerprint density at radius 3 is 2.82 bits per heavy atom. The predicted molar refractivity (Wildman–Crippen MR) is 128 cm³/mol. The van der Waals surface area contributed by atoms with E-state index in [2.05, 4.69) is 25.2 Å². The van der Waals surface area contributed by atoms with Crippen LogP contribution in [-0.4, -0.2) is 49.9 Å². The van der Waals surface area contributed by atoms with Crippen molar-refractivity contribution < 1.29 is 9.53 Å². The van der Waals surface area contributed by atoms with E-state index >= 15 is 0 Å². The van der Waals surface area contributed by atoms with E-state index in [4.69, 9.17) is 4.74 Å². The standard InChI is InChI=1S/C25H26N6O3/c1-18(13-29-24(32)22-15-28-23-8-3-4-11-31(23)25(22)33)34-21-7-5-6-19(12-21)16-30(2)17-20-14-26-9-10-27-20/h3-12,14-15,18H,13,16-17H2,1-2H3,(H,29,32). The van der Waals surface area contributed by atoms with E-state index in [1.54, 1.807) is 43.0 Å². The molecular formula is C25H26N6O3. The molecule has 34 heavy (non-hydrogen) atoms. The second kappa shape index (κ2) is 10.7. The second-order valence-corrected chi connectivity index (χ2v) is 8.06. The number of rotatable bonds is 9. The van der Waals surface area contributed by atoms with Crippen LogP contribution in [0.1, 0.15) is 28.5 Å². The summed E-state index contributed by atoms with van der Waals surface area (Å²) in [5, 5.41) is 2.76. The number of aromatic nitrogens is 4. The van der Waals surface area contributed by atoms with Crippen molar-refractivity contribution in [3.63, 3.8) is 0 Å². The van der Waals surface area contributed by atoms with E-state index in [1.807, 2.05) is 38.2 Å². The van der Waals surface area contributed by atoms with Crippen LogP contribution in [-0.2, 0) is 13.1 Å². The molecule has 1 aromatic carbocycles. The summed E-state index contributed by atoms with van der Waals surface area (Å²) in [4.78, 5) is 39.8. The molecule has 9 heteroatoms. The van der Waals surface area contributed by atoms with Gasteiger partial charge in [0.25, 0.3) is 11.5 Å². The molecule has 0 aliphatic heterocycles. The Morgan fingerprint density at radius 1 is 1.12 bits per heavy atom. The van der Waals surface area contributed by atoms with Crippen molar-refractivity contribution in [2.75, 3.05) is 13.6 Å². The van der Waals surface area contributed by atoms with Gasteiger partial charge in [-0.1, -0.05) is 18.2 Å². The van der Waals surface area contributed by atoms with Gasteiger partial charge < -0.3 is 10.1 Å². The first-order valence-corrected chi connectivity index (χ1v) is 10.9. The maximum Gasteiger partial charge on any atom is 0.270 e. The average molecular weight is 459 g/mol. The lowest BCUT2D eigenvalue weighted by atomic mass is 10.2. The number of pyridine rings is 1. The van der Waals surface area contributed by atoms with Crippen molar-refractivity contribution in [2.24, 2.45) is 0 Å². The highest BCUT2D eigenvalue weighted by Crippen LogP contribution is 2.16. The summed E-state index contributed by atoms with van der Waals surface area (Å²) < 4.78 is 7.34. The molecule has 1 N–H and O–H groups in total. The Kier molecular flexibility index (Phi) is 7.24. The Bertz CT molecular complexity index is 1330. The van der Waals surface area contributed by atoms with Crippen molar-refractivity contribution in [1.82, 2.24) is 29.6 Å². The minimum absolute atomic E-state index is 0.0101. The van der Waals surface area contributed by atoms with Crippen LogP contribution in [0, 0.1) is 0 Å². The zero-order chi connectivity index (χ0) is 23.9. The van der Waals surface area contributed by atoms with Crippen LogP contribution in [0.3, 0.4) is 0 Å². The van der Waals surface area contributed by atoms with Crippen molar-refractivity contribution in [1.29, 1.82) is 0 Å². The number of hydrogen-bond donors (Lipinski definition) is 1.